The van der Waals surface area contributed by atoms with Crippen LogP contribution < -0.4 is 9.47 Å². The summed E-state index contributed by atoms with van der Waals surface area (Å²) in [6, 6.07) is 15.9. The molecule has 0 radical (unpaired) electrons. The number of benzene rings is 2. The van der Waals surface area contributed by atoms with Gasteiger partial charge in [0.05, 0.1) is 17.5 Å². The van der Waals surface area contributed by atoms with Crippen LogP contribution in [0.25, 0.3) is 5.69 Å². The highest BCUT2D eigenvalue weighted by Crippen LogP contribution is 2.38. The molecule has 5 rings (SSSR count). The molecule has 154 valence electrons. The molecule has 2 aromatic carbocycles. The third-order valence-corrected chi connectivity index (χ3v) is 6.18. The number of ether oxygens (including phenoxy) is 2. The summed E-state index contributed by atoms with van der Waals surface area (Å²) in [7, 11) is 0. The van der Waals surface area contributed by atoms with Gasteiger partial charge in [-0.1, -0.05) is 36.0 Å². The van der Waals surface area contributed by atoms with E-state index in [1.165, 1.54) is 11.8 Å². The molecule has 1 saturated heterocycles. The van der Waals surface area contributed by atoms with E-state index in [1.54, 1.807) is 11.0 Å². The molecule has 30 heavy (non-hydrogen) atoms. The van der Waals surface area contributed by atoms with E-state index >= 15 is 0 Å². The van der Waals surface area contributed by atoms with Gasteiger partial charge in [0.15, 0.2) is 11.5 Å². The average molecular weight is 423 g/mol. The average Bonchev–Trinajstić information content (AvgIpc) is 3.48. The fraction of sp³-hybridized carbons (Fsp3) is 0.318. The molecule has 1 fully saturated rings. The van der Waals surface area contributed by atoms with E-state index < -0.39 is 0 Å². The molecule has 1 unspecified atom stereocenters. The van der Waals surface area contributed by atoms with E-state index in [9.17, 15) is 4.79 Å². The van der Waals surface area contributed by atoms with Crippen LogP contribution in [0.15, 0.2) is 60.0 Å². The van der Waals surface area contributed by atoms with E-state index in [4.69, 9.17) is 9.47 Å². The van der Waals surface area contributed by atoms with Gasteiger partial charge in [0.2, 0.25) is 11.1 Å². The highest BCUT2D eigenvalue weighted by Gasteiger charge is 2.31. The largest absolute Gasteiger partial charge is 0.486 e. The first-order chi connectivity index (χ1) is 14.8. The smallest absolute Gasteiger partial charge is 0.233 e. The summed E-state index contributed by atoms with van der Waals surface area (Å²) >= 11 is 1.37. The summed E-state index contributed by atoms with van der Waals surface area (Å²) in [5.41, 5.74) is 2.04. The number of fused-ring (bicyclic) bond motifs is 1. The lowest BCUT2D eigenvalue weighted by atomic mass is 10.0. The summed E-state index contributed by atoms with van der Waals surface area (Å²) in [6.07, 6.45) is 3.63. The summed E-state index contributed by atoms with van der Waals surface area (Å²) in [4.78, 5) is 19.2. The number of thioether (sulfide) groups is 1. The quantitative estimate of drug-likeness (QED) is 0.586. The Balaban J connectivity index is 1.24. The minimum Gasteiger partial charge on any atom is -0.486 e. The first-order valence-electron chi connectivity index (χ1n) is 10.1. The van der Waals surface area contributed by atoms with Gasteiger partial charge in [0.25, 0.3) is 0 Å². The molecule has 1 amide bonds. The van der Waals surface area contributed by atoms with Crippen molar-refractivity contribution in [3.8, 4) is 17.2 Å². The van der Waals surface area contributed by atoms with Gasteiger partial charge in [-0.15, -0.1) is 5.10 Å². The molecule has 2 aliphatic heterocycles. The van der Waals surface area contributed by atoms with Crippen molar-refractivity contribution in [3.63, 3.8) is 0 Å². The van der Waals surface area contributed by atoms with Crippen LogP contribution in [0.3, 0.4) is 0 Å². The van der Waals surface area contributed by atoms with Crippen molar-refractivity contribution in [3.05, 3.63) is 60.4 Å². The van der Waals surface area contributed by atoms with Crippen molar-refractivity contribution >= 4 is 17.7 Å². The zero-order chi connectivity index (χ0) is 20.3. The van der Waals surface area contributed by atoms with Crippen LogP contribution in [-0.4, -0.2) is 51.1 Å². The van der Waals surface area contributed by atoms with Crippen molar-refractivity contribution in [2.24, 2.45) is 0 Å². The minimum atomic E-state index is 0.0729. The van der Waals surface area contributed by atoms with E-state index in [-0.39, 0.29) is 11.9 Å². The Kier molecular flexibility index (Phi) is 5.31. The van der Waals surface area contributed by atoms with Crippen molar-refractivity contribution in [2.75, 3.05) is 25.5 Å². The van der Waals surface area contributed by atoms with E-state index in [2.05, 4.69) is 10.1 Å². The van der Waals surface area contributed by atoms with Crippen LogP contribution >= 0.6 is 11.8 Å². The molecule has 1 atom stereocenters. The number of nitrogens with zero attached hydrogens (tertiary/aromatic N) is 4. The number of hydrogen-bond donors (Lipinski definition) is 0. The van der Waals surface area contributed by atoms with Crippen LogP contribution in [0.1, 0.15) is 24.4 Å². The first-order valence-corrected chi connectivity index (χ1v) is 11.1. The van der Waals surface area contributed by atoms with Gasteiger partial charge in [0, 0.05) is 6.54 Å². The molecular formula is C22H22N4O3S. The molecule has 3 aromatic rings. The molecule has 0 saturated carbocycles. The lowest BCUT2D eigenvalue weighted by Gasteiger charge is -2.26. The zero-order valence-corrected chi connectivity index (χ0v) is 17.3. The molecule has 8 heteroatoms. The van der Waals surface area contributed by atoms with Crippen molar-refractivity contribution in [1.82, 2.24) is 19.7 Å². The molecule has 0 spiro atoms. The number of amides is 1. The predicted octanol–water partition coefficient (Wildman–Crippen LogP) is 3.49. The Hall–Kier alpha value is -3.00. The zero-order valence-electron chi connectivity index (χ0n) is 16.4. The number of carbonyl (C=O) groups is 1. The molecule has 2 aliphatic rings. The van der Waals surface area contributed by atoms with Crippen LogP contribution in [0.2, 0.25) is 0 Å². The van der Waals surface area contributed by atoms with E-state index in [0.29, 0.717) is 24.1 Å². The number of likely N-dealkylation sites (tertiary alicyclic amines) is 1. The third kappa shape index (κ3) is 3.87. The molecule has 3 heterocycles. The first kappa shape index (κ1) is 19.0. The molecule has 0 bridgehead atoms. The lowest BCUT2D eigenvalue weighted by Crippen LogP contribution is -2.32. The topological polar surface area (TPSA) is 69.5 Å². The number of rotatable bonds is 5. The molecule has 1 aromatic heterocycles. The van der Waals surface area contributed by atoms with Gasteiger partial charge in [0.1, 0.15) is 19.5 Å². The Morgan fingerprint density at radius 3 is 2.80 bits per heavy atom. The fourth-order valence-corrected chi connectivity index (χ4v) is 4.59. The van der Waals surface area contributed by atoms with Crippen molar-refractivity contribution in [2.45, 2.75) is 24.0 Å². The predicted molar refractivity (Wildman–Crippen MR) is 113 cm³/mol. The maximum Gasteiger partial charge on any atom is 0.233 e. The Bertz CT molecular complexity index is 1040. The SMILES string of the molecule is O=C(CSc1ncn(-c2ccccc2)n1)N1CCCC1c1ccc2c(c1)OCCO2. The van der Waals surface area contributed by atoms with E-state index in [0.717, 1.165) is 42.1 Å². The van der Waals surface area contributed by atoms with Gasteiger partial charge >= 0.3 is 0 Å². The highest BCUT2D eigenvalue weighted by atomic mass is 32.2. The number of carbonyl (C=O) groups excluding carboxylic acids is 1. The molecular weight excluding hydrogens is 400 g/mol. The Morgan fingerprint density at radius 2 is 1.93 bits per heavy atom. The van der Waals surface area contributed by atoms with E-state index in [1.807, 2.05) is 53.4 Å². The van der Waals surface area contributed by atoms with Gasteiger partial charge in [-0.05, 0) is 42.7 Å². The van der Waals surface area contributed by atoms with Crippen molar-refractivity contribution in [1.29, 1.82) is 0 Å². The molecule has 7 nitrogen and oxygen atoms in total. The van der Waals surface area contributed by atoms with Gasteiger partial charge in [-0.3, -0.25) is 4.79 Å². The maximum atomic E-state index is 13.0. The van der Waals surface area contributed by atoms with Crippen LogP contribution in [0.4, 0.5) is 0 Å². The van der Waals surface area contributed by atoms with Crippen LogP contribution in [0.5, 0.6) is 11.5 Å². The highest BCUT2D eigenvalue weighted by molar-refractivity contribution is 7.99. The van der Waals surface area contributed by atoms with Crippen LogP contribution in [-0.2, 0) is 4.79 Å². The summed E-state index contributed by atoms with van der Waals surface area (Å²) in [5.74, 6) is 1.97. The number of para-hydroxylation sites is 1. The van der Waals surface area contributed by atoms with Gasteiger partial charge in [-0.25, -0.2) is 9.67 Å². The number of aromatic nitrogens is 3. The second-order valence-electron chi connectivity index (χ2n) is 7.24. The summed E-state index contributed by atoms with van der Waals surface area (Å²) in [5, 5.41) is 5.07. The normalized spacial score (nSPS) is 17.9. The second kappa shape index (κ2) is 8.39. The molecule has 0 aliphatic carbocycles. The monoisotopic (exact) mass is 422 g/mol. The Labute approximate surface area is 179 Å². The molecule has 0 N–H and O–H groups in total. The Morgan fingerprint density at radius 1 is 1.10 bits per heavy atom. The van der Waals surface area contributed by atoms with Gasteiger partial charge < -0.3 is 14.4 Å². The maximum absolute atomic E-state index is 13.0. The second-order valence-corrected chi connectivity index (χ2v) is 8.19. The fourth-order valence-electron chi connectivity index (χ4n) is 3.91. The third-order valence-electron chi connectivity index (χ3n) is 5.34. The van der Waals surface area contributed by atoms with Gasteiger partial charge in [-0.2, -0.15) is 0 Å². The lowest BCUT2D eigenvalue weighted by molar-refractivity contribution is -0.129. The van der Waals surface area contributed by atoms with Crippen molar-refractivity contribution < 1.29 is 14.3 Å². The standard InChI is InChI=1S/C22H22N4O3S/c27-21(14-30-22-23-15-26(24-22)17-5-2-1-3-6-17)25-10-4-7-18(25)16-8-9-19-20(13-16)29-12-11-28-19/h1-3,5-6,8-9,13,15,18H,4,7,10-12,14H2. The summed E-state index contributed by atoms with van der Waals surface area (Å²) in [6.45, 7) is 1.90. The number of hydrogen-bond acceptors (Lipinski definition) is 6. The van der Waals surface area contributed by atoms with Crippen LogP contribution in [0, 0.1) is 0 Å². The summed E-state index contributed by atoms with van der Waals surface area (Å²) < 4.78 is 13.0. The minimum absolute atomic E-state index is 0.0729.